The molecule has 2 aromatic rings. The molecule has 0 bridgehead atoms. The summed E-state index contributed by atoms with van der Waals surface area (Å²) in [6, 6.07) is 16.7. The second-order valence-electron chi connectivity index (χ2n) is 4.29. The van der Waals surface area contributed by atoms with Gasteiger partial charge in [0.1, 0.15) is 6.79 Å². The van der Waals surface area contributed by atoms with E-state index in [4.69, 9.17) is 19.6 Å². The molecule has 0 saturated heterocycles. The van der Waals surface area contributed by atoms with Gasteiger partial charge in [0.05, 0.1) is 6.42 Å². The Morgan fingerprint density at radius 3 is 1.42 bits per heavy atom. The fourth-order valence-electron chi connectivity index (χ4n) is 1.61. The first kappa shape index (κ1) is 21.2. The summed E-state index contributed by atoms with van der Waals surface area (Å²) < 4.78 is 28.7. The number of hydrogen-bond acceptors (Lipinski definition) is 5. The number of aliphatic carboxylic acids is 2. The molecule has 130 valence electrons. The van der Waals surface area contributed by atoms with Crippen LogP contribution in [0.25, 0.3) is 10.8 Å². The molecule has 8 nitrogen and oxygen atoms in total. The normalized spacial score (nSPS) is 11.2. The molecule has 2 rings (SSSR count). The summed E-state index contributed by atoms with van der Waals surface area (Å²) in [4.78, 5) is 28.0. The van der Waals surface area contributed by atoms with Gasteiger partial charge >= 0.3 is 11.9 Å². The Balaban J connectivity index is 0.000000402. The van der Waals surface area contributed by atoms with E-state index >= 15 is 0 Å². The first-order chi connectivity index (χ1) is 11.2. The van der Waals surface area contributed by atoms with Gasteiger partial charge in [-0.25, -0.2) is 0 Å². The Bertz CT molecular complexity index is 719. The van der Waals surface area contributed by atoms with Gasteiger partial charge in [-0.3, -0.25) is 14.1 Å². The van der Waals surface area contributed by atoms with Crippen molar-refractivity contribution in [1.29, 1.82) is 0 Å². The topological polar surface area (TPSA) is 146 Å². The third-order valence-electron chi connectivity index (χ3n) is 2.65. The monoisotopic (exact) mass is 356 g/mol. The molecule has 0 aliphatic carbocycles. The van der Waals surface area contributed by atoms with Gasteiger partial charge in [-0.15, -0.1) is 0 Å². The molecule has 0 aliphatic rings. The maximum atomic E-state index is 10.2. The summed E-state index contributed by atoms with van der Waals surface area (Å²) in [6.45, 7) is 2.00. The van der Waals surface area contributed by atoms with Crippen LogP contribution in [0, 0.1) is 0 Å². The Labute approximate surface area is 138 Å². The Morgan fingerprint density at radius 1 is 0.917 bits per heavy atom. The Hall–Kier alpha value is -2.78. The summed E-state index contributed by atoms with van der Waals surface area (Å²) in [5.41, 5.74) is 0. The van der Waals surface area contributed by atoms with Gasteiger partial charge in [-0.1, -0.05) is 48.5 Å². The van der Waals surface area contributed by atoms with Gasteiger partial charge in [0.15, 0.2) is 5.25 Å². The Kier molecular flexibility index (Phi) is 8.91. The van der Waals surface area contributed by atoms with Gasteiger partial charge in [0.2, 0.25) is 0 Å². The minimum Gasteiger partial charge on any atom is -0.481 e. The number of fused-ring (bicyclic) bond motifs is 1. The van der Waals surface area contributed by atoms with Gasteiger partial charge in [0.25, 0.3) is 10.1 Å². The van der Waals surface area contributed by atoms with Crippen LogP contribution in [-0.2, 0) is 24.5 Å². The van der Waals surface area contributed by atoms with Crippen LogP contribution in [0.5, 0.6) is 0 Å². The second-order valence-corrected chi connectivity index (χ2v) is 5.89. The molecule has 24 heavy (non-hydrogen) atoms. The maximum Gasteiger partial charge on any atom is 0.325 e. The van der Waals surface area contributed by atoms with Crippen molar-refractivity contribution in [3.8, 4) is 0 Å². The lowest BCUT2D eigenvalue weighted by Gasteiger charge is -2.04. The first-order valence-electron chi connectivity index (χ1n) is 6.35. The summed E-state index contributed by atoms with van der Waals surface area (Å²) in [7, 11) is -4.84. The lowest BCUT2D eigenvalue weighted by molar-refractivity contribution is -0.143. The molecule has 0 aliphatic heterocycles. The number of carbonyl (C=O) groups is 3. The SMILES string of the molecule is C=O.O=C(O)CC(C(=O)O)S(=O)(=O)O.c1ccc2ccccc2c1. The molecular formula is C15H16O8S. The van der Waals surface area contributed by atoms with Crippen molar-refractivity contribution in [2.24, 2.45) is 0 Å². The number of rotatable bonds is 4. The van der Waals surface area contributed by atoms with E-state index in [2.05, 4.69) is 48.5 Å². The molecule has 3 N–H and O–H groups in total. The van der Waals surface area contributed by atoms with Crippen LogP contribution in [0.15, 0.2) is 48.5 Å². The van der Waals surface area contributed by atoms with E-state index in [0.29, 0.717) is 0 Å². The molecule has 0 radical (unpaired) electrons. The highest BCUT2D eigenvalue weighted by atomic mass is 32.2. The van der Waals surface area contributed by atoms with Crippen molar-refractivity contribution in [3.05, 3.63) is 48.5 Å². The molecular weight excluding hydrogens is 340 g/mol. The minimum atomic E-state index is -4.84. The summed E-state index contributed by atoms with van der Waals surface area (Å²) in [6.07, 6.45) is -1.16. The third kappa shape index (κ3) is 7.47. The van der Waals surface area contributed by atoms with E-state index in [1.54, 1.807) is 0 Å². The van der Waals surface area contributed by atoms with Crippen molar-refractivity contribution >= 4 is 39.6 Å². The quantitative estimate of drug-likeness (QED) is 0.698. The molecule has 0 spiro atoms. The van der Waals surface area contributed by atoms with Crippen molar-refractivity contribution < 1.29 is 37.6 Å². The van der Waals surface area contributed by atoms with Crippen LogP contribution in [0.1, 0.15) is 6.42 Å². The van der Waals surface area contributed by atoms with Gasteiger partial charge < -0.3 is 15.0 Å². The summed E-state index contributed by atoms with van der Waals surface area (Å²) in [5.74, 6) is -3.50. The highest BCUT2D eigenvalue weighted by Crippen LogP contribution is 2.11. The predicted molar refractivity (Wildman–Crippen MR) is 86.3 cm³/mol. The molecule has 9 heteroatoms. The van der Waals surface area contributed by atoms with E-state index in [0.717, 1.165) is 0 Å². The lowest BCUT2D eigenvalue weighted by atomic mass is 10.1. The van der Waals surface area contributed by atoms with E-state index < -0.39 is 33.7 Å². The zero-order valence-electron chi connectivity index (χ0n) is 12.4. The molecule has 0 amide bonds. The molecule has 0 fully saturated rings. The van der Waals surface area contributed by atoms with E-state index in [9.17, 15) is 18.0 Å². The fraction of sp³-hybridized carbons (Fsp3) is 0.133. The van der Waals surface area contributed by atoms with Crippen LogP contribution in [-0.4, -0.2) is 47.2 Å². The molecule has 1 atom stereocenters. The average molecular weight is 356 g/mol. The van der Waals surface area contributed by atoms with E-state index in [-0.39, 0.29) is 0 Å². The fourth-order valence-corrected chi connectivity index (χ4v) is 2.22. The zero-order valence-corrected chi connectivity index (χ0v) is 13.2. The van der Waals surface area contributed by atoms with Crippen LogP contribution in [0.4, 0.5) is 0 Å². The molecule has 2 aromatic carbocycles. The van der Waals surface area contributed by atoms with Crippen LogP contribution in [0.3, 0.4) is 0 Å². The van der Waals surface area contributed by atoms with Crippen LogP contribution >= 0.6 is 0 Å². The smallest absolute Gasteiger partial charge is 0.325 e. The van der Waals surface area contributed by atoms with E-state index in [1.807, 2.05) is 6.79 Å². The van der Waals surface area contributed by atoms with Crippen LogP contribution < -0.4 is 0 Å². The highest BCUT2D eigenvalue weighted by molar-refractivity contribution is 7.87. The number of benzene rings is 2. The second kappa shape index (κ2) is 10.1. The predicted octanol–water partition coefficient (Wildman–Crippen LogP) is 1.46. The van der Waals surface area contributed by atoms with Gasteiger partial charge in [0, 0.05) is 0 Å². The summed E-state index contributed by atoms with van der Waals surface area (Å²) in [5, 5.41) is 16.5. The standard InChI is InChI=1S/C10H8.C4H6O7S.CH2O/c1-2-6-10-8-4-3-7-9(10)5-1;5-3(6)1-2(4(7)8)12(9,10)11;1-2/h1-8H;2H,1H2,(H,5,6)(H,7,8)(H,9,10,11);1H2. The minimum absolute atomic E-state index is 1.16. The van der Waals surface area contributed by atoms with Crippen molar-refractivity contribution in [2.75, 3.05) is 0 Å². The van der Waals surface area contributed by atoms with Gasteiger partial charge in [-0.05, 0) is 10.8 Å². The largest absolute Gasteiger partial charge is 0.481 e. The zero-order chi connectivity index (χ0) is 18.8. The lowest BCUT2D eigenvalue weighted by Crippen LogP contribution is -2.31. The first-order valence-corrected chi connectivity index (χ1v) is 7.85. The molecule has 0 saturated carbocycles. The Morgan fingerprint density at radius 2 is 1.25 bits per heavy atom. The average Bonchev–Trinajstić information content (AvgIpc) is 2.54. The van der Waals surface area contributed by atoms with E-state index in [1.165, 1.54) is 10.8 Å². The number of carbonyl (C=O) groups excluding carboxylic acids is 1. The van der Waals surface area contributed by atoms with Crippen LogP contribution in [0.2, 0.25) is 0 Å². The number of carboxylic acid groups (broad SMARTS) is 2. The third-order valence-corrected chi connectivity index (χ3v) is 3.74. The number of hydrogen-bond donors (Lipinski definition) is 3. The maximum absolute atomic E-state index is 10.2. The van der Waals surface area contributed by atoms with Gasteiger partial charge in [-0.2, -0.15) is 8.42 Å². The molecule has 1 unspecified atom stereocenters. The number of carboxylic acids is 2. The van der Waals surface area contributed by atoms with Crippen molar-refractivity contribution in [1.82, 2.24) is 0 Å². The van der Waals surface area contributed by atoms with Crippen molar-refractivity contribution in [2.45, 2.75) is 11.7 Å². The summed E-state index contributed by atoms with van der Waals surface area (Å²) >= 11 is 0. The highest BCUT2D eigenvalue weighted by Gasteiger charge is 2.33. The molecule has 0 heterocycles. The molecule has 0 aromatic heterocycles. The van der Waals surface area contributed by atoms with Crippen molar-refractivity contribution in [3.63, 3.8) is 0 Å².